The van der Waals surface area contributed by atoms with Gasteiger partial charge in [0.1, 0.15) is 17.1 Å². The Morgan fingerprint density at radius 2 is 1.51 bits per heavy atom. The fraction of sp³-hybridized carbons (Fsp3) is 0.0400. The second kappa shape index (κ2) is 10.1. The van der Waals surface area contributed by atoms with Crippen molar-refractivity contribution in [2.75, 3.05) is 7.11 Å². The molecule has 0 fully saturated rings. The van der Waals surface area contributed by atoms with Crippen molar-refractivity contribution in [2.24, 2.45) is 0 Å². The molecule has 4 rings (SSSR count). The van der Waals surface area contributed by atoms with Crippen molar-refractivity contribution in [3.8, 4) is 5.75 Å². The smallest absolute Gasteiger partial charge is 0.348 e. The van der Waals surface area contributed by atoms with Crippen molar-refractivity contribution in [1.29, 1.82) is 0 Å². The Bertz CT molecular complexity index is 1400. The van der Waals surface area contributed by atoms with E-state index in [4.69, 9.17) is 9.47 Å². The maximum absolute atomic E-state index is 13.8. The van der Waals surface area contributed by atoms with Crippen LogP contribution in [0.25, 0.3) is 11.6 Å². The standard InChI is InChI=1S/C25H12Br3F3O4/c1-34-24-15(27)9-13(10-16(24)28)23(32)21-20(12-2-4-14(26)5-3-12)19(35-25(21)33)8-11-6-17(29)22(31)18(30)7-11/h2-10H,1H3/b19-8-. The molecule has 1 heterocycles. The van der Waals surface area contributed by atoms with Crippen LogP contribution in [0.1, 0.15) is 21.5 Å². The average Bonchev–Trinajstić information content (AvgIpc) is 3.12. The molecular weight excluding hydrogens is 661 g/mol. The van der Waals surface area contributed by atoms with Crippen LogP contribution in [-0.4, -0.2) is 18.9 Å². The van der Waals surface area contributed by atoms with E-state index >= 15 is 0 Å². The molecule has 178 valence electrons. The van der Waals surface area contributed by atoms with Gasteiger partial charge in [-0.05, 0) is 85.5 Å². The molecular formula is C25H12Br3F3O4. The summed E-state index contributed by atoms with van der Waals surface area (Å²) < 4.78 is 53.3. The van der Waals surface area contributed by atoms with Crippen LogP contribution >= 0.6 is 47.8 Å². The van der Waals surface area contributed by atoms with E-state index in [2.05, 4.69) is 47.8 Å². The third kappa shape index (κ3) is 5.00. The minimum atomic E-state index is -1.62. The molecule has 35 heavy (non-hydrogen) atoms. The molecule has 0 atom stereocenters. The van der Waals surface area contributed by atoms with Crippen LogP contribution < -0.4 is 4.74 Å². The monoisotopic (exact) mass is 670 g/mol. The minimum Gasteiger partial charge on any atom is -0.494 e. The zero-order valence-electron chi connectivity index (χ0n) is 17.6. The van der Waals surface area contributed by atoms with Gasteiger partial charge in [-0.15, -0.1) is 0 Å². The van der Waals surface area contributed by atoms with Crippen molar-refractivity contribution in [1.82, 2.24) is 0 Å². The largest absolute Gasteiger partial charge is 0.494 e. The predicted octanol–water partition coefficient (Wildman–Crippen LogP) is 7.63. The number of ether oxygens (including phenoxy) is 2. The van der Waals surface area contributed by atoms with E-state index in [-0.39, 0.29) is 28.0 Å². The summed E-state index contributed by atoms with van der Waals surface area (Å²) in [6.45, 7) is 0. The minimum absolute atomic E-state index is 0.0950. The van der Waals surface area contributed by atoms with E-state index in [0.29, 0.717) is 20.3 Å². The number of cyclic esters (lactones) is 1. The highest BCUT2D eigenvalue weighted by atomic mass is 79.9. The van der Waals surface area contributed by atoms with E-state index in [1.54, 1.807) is 24.3 Å². The van der Waals surface area contributed by atoms with Crippen molar-refractivity contribution in [3.05, 3.63) is 107 Å². The second-order valence-electron chi connectivity index (χ2n) is 7.26. The first kappa shape index (κ1) is 25.4. The van der Waals surface area contributed by atoms with Crippen LogP contribution in [0.5, 0.6) is 5.75 Å². The number of hydrogen-bond acceptors (Lipinski definition) is 4. The molecule has 4 nitrogen and oxygen atoms in total. The summed E-state index contributed by atoms with van der Waals surface area (Å²) in [5.74, 6) is -5.66. The van der Waals surface area contributed by atoms with Crippen LogP contribution in [0.2, 0.25) is 0 Å². The zero-order valence-corrected chi connectivity index (χ0v) is 22.4. The number of Topliss-reactive ketones (excluding diaryl/α,β-unsaturated/α-hetero) is 1. The molecule has 1 aliphatic rings. The lowest BCUT2D eigenvalue weighted by atomic mass is 9.93. The number of methoxy groups -OCH3 is 1. The summed E-state index contributed by atoms with van der Waals surface area (Å²) in [7, 11) is 1.47. The van der Waals surface area contributed by atoms with Gasteiger partial charge in [-0.25, -0.2) is 18.0 Å². The first-order valence-corrected chi connectivity index (χ1v) is 12.1. The summed E-state index contributed by atoms with van der Waals surface area (Å²) >= 11 is 10.0. The van der Waals surface area contributed by atoms with E-state index in [0.717, 1.165) is 16.6 Å². The molecule has 0 N–H and O–H groups in total. The highest BCUT2D eigenvalue weighted by Gasteiger charge is 2.36. The summed E-state index contributed by atoms with van der Waals surface area (Å²) in [5, 5.41) is 0. The van der Waals surface area contributed by atoms with Crippen LogP contribution in [0.15, 0.2) is 73.3 Å². The van der Waals surface area contributed by atoms with Crippen LogP contribution in [0, 0.1) is 17.5 Å². The van der Waals surface area contributed by atoms with Gasteiger partial charge in [0.2, 0.25) is 5.78 Å². The van der Waals surface area contributed by atoms with Gasteiger partial charge in [0.05, 0.1) is 16.1 Å². The maximum atomic E-state index is 13.8. The summed E-state index contributed by atoms with van der Waals surface area (Å²) in [4.78, 5) is 26.4. The lowest BCUT2D eigenvalue weighted by Gasteiger charge is -2.09. The maximum Gasteiger partial charge on any atom is 0.348 e. The highest BCUT2D eigenvalue weighted by Crippen LogP contribution is 2.40. The quantitative estimate of drug-likeness (QED) is 0.121. The molecule has 0 saturated carbocycles. The lowest BCUT2D eigenvalue weighted by Crippen LogP contribution is -2.11. The number of ketones is 1. The lowest BCUT2D eigenvalue weighted by molar-refractivity contribution is -0.132. The molecule has 1 aliphatic heterocycles. The zero-order chi connectivity index (χ0) is 25.4. The van der Waals surface area contributed by atoms with Crippen LogP contribution in [0.4, 0.5) is 13.2 Å². The SMILES string of the molecule is COc1c(Br)cc(C(=O)C2=C(c3ccc(Br)cc3)/C(=C/c3cc(F)c(F)c(F)c3)OC2=O)cc1Br. The van der Waals surface area contributed by atoms with Gasteiger partial charge in [-0.1, -0.05) is 28.1 Å². The fourth-order valence-corrected chi connectivity index (χ4v) is 5.25. The van der Waals surface area contributed by atoms with Crippen molar-refractivity contribution < 1.29 is 32.2 Å². The molecule has 3 aromatic carbocycles. The Hall–Kier alpha value is -2.69. The number of esters is 1. The summed E-state index contributed by atoms with van der Waals surface area (Å²) in [6, 6.07) is 11.2. The Morgan fingerprint density at radius 3 is 2.06 bits per heavy atom. The molecule has 3 aromatic rings. The fourth-order valence-electron chi connectivity index (χ4n) is 3.48. The van der Waals surface area contributed by atoms with E-state index in [9.17, 15) is 22.8 Å². The topological polar surface area (TPSA) is 52.6 Å². The first-order chi connectivity index (χ1) is 16.6. The van der Waals surface area contributed by atoms with Gasteiger partial charge in [-0.3, -0.25) is 4.79 Å². The third-order valence-corrected chi connectivity index (χ3v) is 6.74. The van der Waals surface area contributed by atoms with Gasteiger partial charge < -0.3 is 9.47 Å². The van der Waals surface area contributed by atoms with E-state index in [1.807, 2.05) is 0 Å². The van der Waals surface area contributed by atoms with Crippen LogP contribution in [-0.2, 0) is 9.53 Å². The summed E-state index contributed by atoms with van der Waals surface area (Å²) in [6.07, 6.45) is 1.17. The number of benzene rings is 3. The number of carbonyl (C=O) groups is 2. The second-order valence-corrected chi connectivity index (χ2v) is 9.88. The first-order valence-electron chi connectivity index (χ1n) is 9.77. The Morgan fingerprint density at radius 1 is 0.943 bits per heavy atom. The number of carbonyl (C=O) groups excluding carboxylic acids is 2. The number of halogens is 6. The molecule has 0 unspecified atom stereocenters. The van der Waals surface area contributed by atoms with E-state index in [1.165, 1.54) is 25.3 Å². The highest BCUT2D eigenvalue weighted by molar-refractivity contribution is 9.11. The Kier molecular flexibility index (Phi) is 7.35. The Labute approximate surface area is 222 Å². The van der Waals surface area contributed by atoms with E-state index < -0.39 is 29.2 Å². The van der Waals surface area contributed by atoms with Crippen LogP contribution in [0.3, 0.4) is 0 Å². The van der Waals surface area contributed by atoms with Crippen molar-refractivity contribution in [2.45, 2.75) is 0 Å². The number of allylic oxidation sites excluding steroid dienone is 1. The molecule has 0 amide bonds. The molecule has 0 saturated heterocycles. The average molecular weight is 673 g/mol. The third-order valence-electron chi connectivity index (χ3n) is 5.03. The van der Waals surface area contributed by atoms with Gasteiger partial charge in [0.15, 0.2) is 17.5 Å². The molecule has 0 aliphatic carbocycles. The van der Waals surface area contributed by atoms with Gasteiger partial charge in [0.25, 0.3) is 0 Å². The van der Waals surface area contributed by atoms with Crippen molar-refractivity contribution in [3.63, 3.8) is 0 Å². The number of rotatable bonds is 5. The van der Waals surface area contributed by atoms with Crippen molar-refractivity contribution >= 4 is 71.2 Å². The molecule has 10 heteroatoms. The Balaban J connectivity index is 1.92. The normalized spacial score (nSPS) is 14.5. The predicted molar refractivity (Wildman–Crippen MR) is 134 cm³/mol. The summed E-state index contributed by atoms with van der Waals surface area (Å²) in [5.41, 5.74) is 0.364. The molecule has 0 radical (unpaired) electrons. The number of hydrogen-bond donors (Lipinski definition) is 0. The van der Waals surface area contributed by atoms with Gasteiger partial charge in [0, 0.05) is 15.6 Å². The van der Waals surface area contributed by atoms with Gasteiger partial charge >= 0.3 is 5.97 Å². The molecule has 0 bridgehead atoms. The molecule has 0 spiro atoms. The van der Waals surface area contributed by atoms with Gasteiger partial charge in [-0.2, -0.15) is 0 Å². The molecule has 0 aromatic heterocycles.